The zero-order valence-electron chi connectivity index (χ0n) is 13.5. The maximum atomic E-state index is 6.14. The molecule has 0 saturated heterocycles. The van der Waals surface area contributed by atoms with Crippen LogP contribution in [-0.4, -0.2) is 9.55 Å². The van der Waals surface area contributed by atoms with Gasteiger partial charge in [0.2, 0.25) is 0 Å². The zero-order chi connectivity index (χ0) is 17.1. The van der Waals surface area contributed by atoms with Gasteiger partial charge in [0.05, 0.1) is 12.0 Å². The van der Waals surface area contributed by atoms with Crippen LogP contribution in [0.1, 0.15) is 31.0 Å². The van der Waals surface area contributed by atoms with Crippen molar-refractivity contribution in [3.63, 3.8) is 0 Å². The van der Waals surface area contributed by atoms with Crippen LogP contribution in [0, 0.1) is 0 Å². The summed E-state index contributed by atoms with van der Waals surface area (Å²) >= 11 is 13.9. The third-order valence-electron chi connectivity index (χ3n) is 3.61. The summed E-state index contributed by atoms with van der Waals surface area (Å²) in [5, 5.41) is 2.42. The highest BCUT2D eigenvalue weighted by Gasteiger charge is 2.16. The Morgan fingerprint density at radius 1 is 1.04 bits per heavy atom. The molecule has 2 aromatic carbocycles. The molecule has 0 fully saturated rings. The van der Waals surface area contributed by atoms with Crippen molar-refractivity contribution in [3.8, 4) is 0 Å². The van der Waals surface area contributed by atoms with Crippen molar-refractivity contribution in [2.75, 3.05) is 0 Å². The summed E-state index contributed by atoms with van der Waals surface area (Å²) in [6, 6.07) is 16.0. The summed E-state index contributed by atoms with van der Waals surface area (Å²) in [6.07, 6.45) is 1.91. The Balaban J connectivity index is 1.96. The lowest BCUT2D eigenvalue weighted by Gasteiger charge is -2.12. The lowest BCUT2D eigenvalue weighted by molar-refractivity contribution is 0.708. The van der Waals surface area contributed by atoms with Crippen molar-refractivity contribution in [2.24, 2.45) is 0 Å². The molecule has 0 radical (unpaired) electrons. The summed E-state index contributed by atoms with van der Waals surface area (Å²) in [4.78, 5) is 5.65. The largest absolute Gasteiger partial charge is 0.321 e. The first-order chi connectivity index (χ1) is 11.5. The van der Waals surface area contributed by atoms with Crippen molar-refractivity contribution in [3.05, 3.63) is 76.2 Å². The van der Waals surface area contributed by atoms with Crippen molar-refractivity contribution in [1.82, 2.24) is 9.55 Å². The van der Waals surface area contributed by atoms with Gasteiger partial charge >= 0.3 is 0 Å². The topological polar surface area (TPSA) is 17.8 Å². The van der Waals surface area contributed by atoms with Gasteiger partial charge in [-0.25, -0.2) is 4.98 Å². The number of nitrogens with zero attached hydrogens (tertiary/aromatic N) is 2. The summed E-state index contributed by atoms with van der Waals surface area (Å²) in [5.41, 5.74) is 2.34. The Hall–Kier alpha value is -1.42. The molecule has 1 aromatic heterocycles. The van der Waals surface area contributed by atoms with Crippen molar-refractivity contribution in [1.29, 1.82) is 0 Å². The van der Waals surface area contributed by atoms with Crippen LogP contribution in [0.25, 0.3) is 0 Å². The molecule has 1 heterocycles. The SMILES string of the molecule is CC(C)c1ncn(Cc2ccccc2)c1Sc1cc(Cl)cc(Cl)c1. The van der Waals surface area contributed by atoms with Gasteiger partial charge in [0.15, 0.2) is 0 Å². The fourth-order valence-corrected chi connectivity index (χ4v) is 4.36. The minimum atomic E-state index is 0.346. The van der Waals surface area contributed by atoms with Crippen LogP contribution in [0.2, 0.25) is 10.0 Å². The van der Waals surface area contributed by atoms with E-state index in [-0.39, 0.29) is 0 Å². The van der Waals surface area contributed by atoms with E-state index in [1.807, 2.05) is 24.5 Å². The number of rotatable bonds is 5. The average Bonchev–Trinajstić information content (AvgIpc) is 2.90. The number of halogens is 2. The molecule has 0 spiro atoms. The molecular formula is C19H18Cl2N2S. The normalized spacial score (nSPS) is 11.2. The molecule has 5 heteroatoms. The number of imidazole rings is 1. The van der Waals surface area contributed by atoms with E-state index in [0.29, 0.717) is 16.0 Å². The molecule has 2 nitrogen and oxygen atoms in total. The lowest BCUT2D eigenvalue weighted by Crippen LogP contribution is -2.01. The standard InChI is InChI=1S/C19H18Cl2N2S/c1-13(2)18-19(24-17-9-15(20)8-16(21)10-17)23(12-22-18)11-14-6-4-3-5-7-14/h3-10,12-13H,11H2,1-2H3. The second-order valence-corrected chi connectivity index (χ2v) is 7.85. The number of aromatic nitrogens is 2. The molecule has 0 atom stereocenters. The lowest BCUT2D eigenvalue weighted by atomic mass is 10.1. The number of hydrogen-bond donors (Lipinski definition) is 0. The molecule has 0 aliphatic carbocycles. The van der Waals surface area contributed by atoms with Gasteiger partial charge in [0, 0.05) is 21.5 Å². The Morgan fingerprint density at radius 3 is 2.33 bits per heavy atom. The van der Waals surface area contributed by atoms with E-state index in [0.717, 1.165) is 22.2 Å². The minimum absolute atomic E-state index is 0.346. The van der Waals surface area contributed by atoms with Gasteiger partial charge in [0.1, 0.15) is 5.03 Å². The van der Waals surface area contributed by atoms with E-state index < -0.39 is 0 Å². The van der Waals surface area contributed by atoms with Crippen LogP contribution in [0.15, 0.2) is 64.8 Å². The molecule has 0 bridgehead atoms. The van der Waals surface area contributed by atoms with E-state index in [1.54, 1.807) is 17.8 Å². The van der Waals surface area contributed by atoms with Gasteiger partial charge in [-0.05, 0) is 29.7 Å². The highest BCUT2D eigenvalue weighted by molar-refractivity contribution is 7.99. The van der Waals surface area contributed by atoms with Crippen molar-refractivity contribution in [2.45, 2.75) is 36.2 Å². The van der Waals surface area contributed by atoms with Crippen LogP contribution >= 0.6 is 35.0 Å². The molecule has 3 aromatic rings. The van der Waals surface area contributed by atoms with Crippen LogP contribution in [-0.2, 0) is 6.54 Å². The van der Waals surface area contributed by atoms with Crippen LogP contribution < -0.4 is 0 Å². The Morgan fingerprint density at radius 2 is 1.71 bits per heavy atom. The summed E-state index contributed by atoms with van der Waals surface area (Å²) in [6.45, 7) is 5.10. The molecule has 0 aliphatic heterocycles. The van der Waals surface area contributed by atoms with Crippen LogP contribution in [0.5, 0.6) is 0 Å². The number of benzene rings is 2. The van der Waals surface area contributed by atoms with Gasteiger partial charge in [-0.3, -0.25) is 0 Å². The van der Waals surface area contributed by atoms with Crippen molar-refractivity contribution >= 4 is 35.0 Å². The molecule has 124 valence electrons. The summed E-state index contributed by atoms with van der Waals surface area (Å²) in [5.74, 6) is 0.346. The quantitative estimate of drug-likeness (QED) is 0.504. The van der Waals surface area contributed by atoms with E-state index >= 15 is 0 Å². The summed E-state index contributed by atoms with van der Waals surface area (Å²) in [7, 11) is 0. The highest BCUT2D eigenvalue weighted by atomic mass is 35.5. The van der Waals surface area contributed by atoms with E-state index in [4.69, 9.17) is 23.2 Å². The van der Waals surface area contributed by atoms with Crippen LogP contribution in [0.3, 0.4) is 0 Å². The molecule has 24 heavy (non-hydrogen) atoms. The second-order valence-electron chi connectivity index (χ2n) is 5.91. The predicted molar refractivity (Wildman–Crippen MR) is 102 cm³/mol. The second kappa shape index (κ2) is 7.64. The molecule has 0 amide bonds. The van der Waals surface area contributed by atoms with E-state index in [1.165, 1.54) is 5.56 Å². The third kappa shape index (κ3) is 4.15. The average molecular weight is 377 g/mol. The zero-order valence-corrected chi connectivity index (χ0v) is 15.9. The van der Waals surface area contributed by atoms with Crippen molar-refractivity contribution < 1.29 is 0 Å². The van der Waals surface area contributed by atoms with Crippen LogP contribution in [0.4, 0.5) is 0 Å². The first kappa shape index (κ1) is 17.4. The first-order valence-corrected chi connectivity index (χ1v) is 9.33. The molecule has 0 saturated carbocycles. The van der Waals surface area contributed by atoms with E-state index in [2.05, 4.69) is 47.7 Å². The fourth-order valence-electron chi connectivity index (χ4n) is 2.49. The maximum absolute atomic E-state index is 6.14. The predicted octanol–water partition coefficient (Wildman–Crippen LogP) is 6.51. The number of hydrogen-bond acceptors (Lipinski definition) is 2. The van der Waals surface area contributed by atoms with Gasteiger partial charge in [0.25, 0.3) is 0 Å². The maximum Gasteiger partial charge on any atom is 0.103 e. The Kier molecular flexibility index (Phi) is 5.54. The van der Waals surface area contributed by atoms with Gasteiger partial charge in [-0.1, -0.05) is 79.1 Å². The van der Waals surface area contributed by atoms with Gasteiger partial charge < -0.3 is 4.57 Å². The first-order valence-electron chi connectivity index (χ1n) is 7.76. The van der Waals surface area contributed by atoms with Gasteiger partial charge in [-0.15, -0.1) is 0 Å². The Bertz CT molecular complexity index is 808. The van der Waals surface area contributed by atoms with E-state index in [9.17, 15) is 0 Å². The van der Waals surface area contributed by atoms with Gasteiger partial charge in [-0.2, -0.15) is 0 Å². The smallest absolute Gasteiger partial charge is 0.103 e. The molecular weight excluding hydrogens is 359 g/mol. The highest BCUT2D eigenvalue weighted by Crippen LogP contribution is 2.36. The molecule has 3 rings (SSSR count). The molecule has 0 aliphatic rings. The summed E-state index contributed by atoms with van der Waals surface area (Å²) < 4.78 is 2.18. The molecule has 0 N–H and O–H groups in total. The minimum Gasteiger partial charge on any atom is -0.321 e. The third-order valence-corrected chi connectivity index (χ3v) is 5.15. The Labute approximate surface area is 156 Å². The fraction of sp³-hybridized carbons (Fsp3) is 0.211. The monoisotopic (exact) mass is 376 g/mol. The molecule has 0 unspecified atom stereocenters.